The number of aromatic nitrogens is 2. The largest absolute Gasteiger partial charge is 0.496 e. The zero-order valence-electron chi connectivity index (χ0n) is 16.1. The number of benzene rings is 2. The number of rotatable bonds is 5. The predicted molar refractivity (Wildman–Crippen MR) is 104 cm³/mol. The topological polar surface area (TPSA) is 79.9 Å². The summed E-state index contributed by atoms with van der Waals surface area (Å²) >= 11 is 0. The number of ether oxygens (including phenoxy) is 1. The maximum Gasteiger partial charge on any atom is 0.292 e. The smallest absolute Gasteiger partial charge is 0.292 e. The fourth-order valence-corrected chi connectivity index (χ4v) is 2.89. The number of nitrogens with zero attached hydrogens (tertiary/aromatic N) is 3. The van der Waals surface area contributed by atoms with Crippen LogP contribution in [0.25, 0.3) is 0 Å². The highest BCUT2D eigenvalue weighted by molar-refractivity contribution is 5.62. The summed E-state index contributed by atoms with van der Waals surface area (Å²) in [4.78, 5) is 16.1. The van der Waals surface area contributed by atoms with Gasteiger partial charge in [0.05, 0.1) is 13.7 Å². The first-order valence-electron chi connectivity index (χ1n) is 8.70. The van der Waals surface area contributed by atoms with Gasteiger partial charge in [-0.25, -0.2) is 8.78 Å². The fraction of sp³-hybridized carbons (Fsp3) is 0.190. The number of methoxy groups -OCH3 is 1. The first-order chi connectivity index (χ1) is 13.8. The van der Waals surface area contributed by atoms with Gasteiger partial charge in [-0.05, 0) is 54.8 Å². The third-order valence-electron chi connectivity index (χ3n) is 4.44. The first-order valence-corrected chi connectivity index (χ1v) is 8.70. The van der Waals surface area contributed by atoms with Crippen LogP contribution in [0.5, 0.6) is 5.75 Å². The Morgan fingerprint density at radius 1 is 1.17 bits per heavy atom. The lowest BCUT2D eigenvalue weighted by Gasteiger charge is -2.17. The van der Waals surface area contributed by atoms with Crippen molar-refractivity contribution in [3.63, 3.8) is 0 Å². The predicted octanol–water partition coefficient (Wildman–Crippen LogP) is 3.81. The number of halogens is 2. The van der Waals surface area contributed by atoms with Crippen molar-refractivity contribution in [2.45, 2.75) is 20.4 Å². The summed E-state index contributed by atoms with van der Waals surface area (Å²) in [6.07, 6.45) is 1.34. The van der Waals surface area contributed by atoms with Crippen LogP contribution in [0.15, 0.2) is 41.3 Å². The van der Waals surface area contributed by atoms with E-state index < -0.39 is 17.2 Å². The number of aryl methyl sites for hydroxylation is 2. The first kappa shape index (κ1) is 20.0. The molecule has 0 fully saturated rings. The van der Waals surface area contributed by atoms with E-state index in [9.17, 15) is 13.6 Å². The zero-order valence-corrected chi connectivity index (χ0v) is 16.1. The molecule has 0 aliphatic carbocycles. The molecule has 0 amide bonds. The molecule has 0 spiro atoms. The standard InChI is InChI=1S/C21H18F2N4O2/c1-12-7-19(29-3)13(2)6-18(12)25-21-26-20(28)15(9-24)11-27(21)10-14-4-5-16(22)17(23)8-14/h4-8,11H,10H2,1-3H3,(H,25,26,28). The van der Waals surface area contributed by atoms with Crippen LogP contribution in [-0.4, -0.2) is 16.7 Å². The fourth-order valence-electron chi connectivity index (χ4n) is 2.89. The van der Waals surface area contributed by atoms with E-state index in [0.717, 1.165) is 29.0 Å². The van der Waals surface area contributed by atoms with Crippen LogP contribution in [0.3, 0.4) is 0 Å². The maximum atomic E-state index is 13.6. The van der Waals surface area contributed by atoms with Crippen molar-refractivity contribution in [2.24, 2.45) is 0 Å². The van der Waals surface area contributed by atoms with Gasteiger partial charge >= 0.3 is 0 Å². The van der Waals surface area contributed by atoms with Crippen LogP contribution in [0.4, 0.5) is 20.4 Å². The van der Waals surface area contributed by atoms with E-state index in [4.69, 9.17) is 10.00 Å². The Labute approximate surface area is 166 Å². The van der Waals surface area contributed by atoms with E-state index in [2.05, 4.69) is 10.3 Å². The molecule has 0 atom stereocenters. The van der Waals surface area contributed by atoms with Crippen molar-refractivity contribution < 1.29 is 13.5 Å². The summed E-state index contributed by atoms with van der Waals surface area (Å²) in [5, 5.41) is 12.3. The number of nitrogens with one attached hydrogen (secondary N) is 1. The molecule has 0 bridgehead atoms. The summed E-state index contributed by atoms with van der Waals surface area (Å²) in [5.41, 5.74) is 2.04. The minimum Gasteiger partial charge on any atom is -0.496 e. The molecule has 1 aromatic heterocycles. The van der Waals surface area contributed by atoms with Crippen molar-refractivity contribution in [1.82, 2.24) is 9.55 Å². The van der Waals surface area contributed by atoms with Gasteiger partial charge in [-0.1, -0.05) is 6.07 Å². The highest BCUT2D eigenvalue weighted by Gasteiger charge is 2.13. The summed E-state index contributed by atoms with van der Waals surface area (Å²) in [6, 6.07) is 9.00. The van der Waals surface area contributed by atoms with Crippen LogP contribution >= 0.6 is 0 Å². The normalized spacial score (nSPS) is 10.5. The van der Waals surface area contributed by atoms with Gasteiger partial charge in [0.25, 0.3) is 5.56 Å². The Kier molecular flexibility index (Phi) is 5.59. The minimum atomic E-state index is -0.979. The second kappa shape index (κ2) is 8.10. The highest BCUT2D eigenvalue weighted by Crippen LogP contribution is 2.28. The van der Waals surface area contributed by atoms with Crippen LogP contribution in [0.2, 0.25) is 0 Å². The van der Waals surface area contributed by atoms with Crippen LogP contribution < -0.4 is 15.6 Å². The van der Waals surface area contributed by atoms with Gasteiger partial charge in [0.2, 0.25) is 5.95 Å². The monoisotopic (exact) mass is 396 g/mol. The molecule has 0 aliphatic heterocycles. The van der Waals surface area contributed by atoms with E-state index in [-0.39, 0.29) is 18.1 Å². The Balaban J connectivity index is 2.05. The molecule has 3 rings (SSSR count). The van der Waals surface area contributed by atoms with Crippen molar-refractivity contribution >= 4 is 11.6 Å². The van der Waals surface area contributed by atoms with Gasteiger partial charge in [-0.15, -0.1) is 0 Å². The second-order valence-corrected chi connectivity index (χ2v) is 6.53. The van der Waals surface area contributed by atoms with Gasteiger partial charge in [-0.3, -0.25) is 4.79 Å². The number of hydrogen-bond donors (Lipinski definition) is 1. The molecule has 1 heterocycles. The second-order valence-electron chi connectivity index (χ2n) is 6.53. The average Bonchev–Trinajstić information content (AvgIpc) is 2.69. The molecule has 2 aromatic carbocycles. The quantitative estimate of drug-likeness (QED) is 0.709. The Morgan fingerprint density at radius 3 is 2.59 bits per heavy atom. The van der Waals surface area contributed by atoms with E-state index in [1.165, 1.54) is 16.8 Å². The molecule has 1 N–H and O–H groups in total. The Bertz CT molecular complexity index is 1180. The summed E-state index contributed by atoms with van der Waals surface area (Å²) < 4.78 is 33.6. The molecule has 29 heavy (non-hydrogen) atoms. The van der Waals surface area contributed by atoms with E-state index in [1.54, 1.807) is 13.2 Å². The van der Waals surface area contributed by atoms with Crippen molar-refractivity contribution in [2.75, 3.05) is 12.4 Å². The molecule has 0 unspecified atom stereocenters. The van der Waals surface area contributed by atoms with Gasteiger partial charge in [0.1, 0.15) is 17.4 Å². The van der Waals surface area contributed by atoms with E-state index >= 15 is 0 Å². The number of nitriles is 1. The molecule has 0 saturated carbocycles. The Morgan fingerprint density at radius 2 is 1.93 bits per heavy atom. The SMILES string of the molecule is COc1cc(C)c(Nc2nc(=O)c(C#N)cn2Cc2ccc(F)c(F)c2)cc1C. The van der Waals surface area contributed by atoms with Crippen molar-refractivity contribution in [3.05, 3.63) is 80.8 Å². The molecule has 0 radical (unpaired) electrons. The van der Waals surface area contributed by atoms with Crippen molar-refractivity contribution in [1.29, 1.82) is 5.26 Å². The lowest BCUT2D eigenvalue weighted by atomic mass is 10.1. The lowest BCUT2D eigenvalue weighted by Crippen LogP contribution is -2.20. The van der Waals surface area contributed by atoms with Gasteiger partial charge in [0, 0.05) is 11.9 Å². The Hall–Kier alpha value is -3.73. The lowest BCUT2D eigenvalue weighted by molar-refractivity contribution is 0.411. The molecule has 0 aliphatic rings. The molecular formula is C21H18F2N4O2. The van der Waals surface area contributed by atoms with E-state index in [0.29, 0.717) is 11.3 Å². The van der Waals surface area contributed by atoms with Crippen LogP contribution in [-0.2, 0) is 6.54 Å². The molecule has 3 aromatic rings. The van der Waals surface area contributed by atoms with Gasteiger partial charge in [0.15, 0.2) is 11.6 Å². The van der Waals surface area contributed by atoms with E-state index in [1.807, 2.05) is 26.0 Å². The number of hydrogen-bond acceptors (Lipinski definition) is 5. The maximum absolute atomic E-state index is 13.6. The third kappa shape index (κ3) is 4.24. The molecular weight excluding hydrogens is 378 g/mol. The average molecular weight is 396 g/mol. The van der Waals surface area contributed by atoms with Gasteiger partial charge in [-0.2, -0.15) is 10.2 Å². The van der Waals surface area contributed by atoms with Crippen LogP contribution in [0.1, 0.15) is 22.3 Å². The molecule has 148 valence electrons. The molecule has 0 saturated heterocycles. The highest BCUT2D eigenvalue weighted by atomic mass is 19.2. The third-order valence-corrected chi connectivity index (χ3v) is 4.44. The van der Waals surface area contributed by atoms with Gasteiger partial charge < -0.3 is 14.6 Å². The van der Waals surface area contributed by atoms with Crippen LogP contribution in [0, 0.1) is 36.8 Å². The molecule has 6 nitrogen and oxygen atoms in total. The molecule has 8 heteroatoms. The van der Waals surface area contributed by atoms with Crippen molar-refractivity contribution in [3.8, 4) is 11.8 Å². The summed E-state index contributed by atoms with van der Waals surface area (Å²) in [5.74, 6) is -1.04. The summed E-state index contributed by atoms with van der Waals surface area (Å²) in [6.45, 7) is 3.82. The zero-order chi connectivity index (χ0) is 21.1. The minimum absolute atomic E-state index is 0.0790. The summed E-state index contributed by atoms with van der Waals surface area (Å²) in [7, 11) is 1.58. The number of anilines is 2.